The molecule has 0 aromatic heterocycles. The summed E-state index contributed by atoms with van der Waals surface area (Å²) in [5, 5.41) is 6.18. The molecule has 0 aliphatic carbocycles. The van der Waals surface area contributed by atoms with Gasteiger partial charge in [-0.2, -0.15) is 0 Å². The average molecular weight is 569 g/mol. The molecule has 2 aromatic carbocycles. The van der Waals surface area contributed by atoms with E-state index in [9.17, 15) is 9.59 Å². The smallest absolute Gasteiger partial charge is 0.220 e. The fraction of sp³-hybridized carbons (Fsp3) is 0.526. The van der Waals surface area contributed by atoms with Gasteiger partial charge in [-0.25, -0.2) is 0 Å². The molecule has 0 aliphatic rings. The lowest BCUT2D eigenvalue weighted by Gasteiger charge is -2.14. The van der Waals surface area contributed by atoms with E-state index in [1.165, 1.54) is 38.5 Å². The first-order valence-electron chi connectivity index (χ1n) is 16.2. The van der Waals surface area contributed by atoms with Crippen LogP contribution in [0.5, 0.6) is 0 Å². The second kappa shape index (κ2) is 23.1. The molecule has 4 heteroatoms. The minimum absolute atomic E-state index is 0.0628. The second-order valence-corrected chi connectivity index (χ2v) is 11.2. The molecular weight excluding hydrogens is 516 g/mol. The minimum atomic E-state index is 0.0628. The Hall–Kier alpha value is -3.50. The molecule has 2 N–H and O–H groups in total. The molecule has 0 fully saturated rings. The third kappa shape index (κ3) is 17.3. The normalized spacial score (nSPS) is 11.8. The van der Waals surface area contributed by atoms with Crippen LogP contribution in [0.25, 0.3) is 0 Å². The fourth-order valence-electron chi connectivity index (χ4n) is 4.90. The van der Waals surface area contributed by atoms with Gasteiger partial charge in [0.25, 0.3) is 0 Å². The zero-order valence-electron chi connectivity index (χ0n) is 26.1. The van der Waals surface area contributed by atoms with Crippen LogP contribution in [0.2, 0.25) is 0 Å². The minimum Gasteiger partial charge on any atom is -0.350 e. The number of hydrogen-bond acceptors (Lipinski definition) is 2. The van der Waals surface area contributed by atoms with Crippen LogP contribution in [0.4, 0.5) is 0 Å². The topological polar surface area (TPSA) is 58.2 Å². The number of carbonyl (C=O) groups is 2. The Kier molecular flexibility index (Phi) is 19.1. The number of rotatable bonds is 20. The summed E-state index contributed by atoms with van der Waals surface area (Å²) < 4.78 is 0. The van der Waals surface area contributed by atoms with Crippen LogP contribution in [0.1, 0.15) is 140 Å². The van der Waals surface area contributed by atoms with Crippen molar-refractivity contribution in [2.75, 3.05) is 0 Å². The van der Waals surface area contributed by atoms with Gasteiger partial charge in [-0.3, -0.25) is 9.59 Å². The van der Waals surface area contributed by atoms with Gasteiger partial charge < -0.3 is 10.6 Å². The van der Waals surface area contributed by atoms with E-state index in [4.69, 9.17) is 0 Å². The number of amides is 2. The SMILES string of the molecule is CC(NC(=O)CCCCCCCCC#CC#CCCCCCCCCC(=O)NC(C)c1ccccc1)c1ccccc1. The third-order valence-electron chi connectivity index (χ3n) is 7.50. The van der Waals surface area contributed by atoms with E-state index in [-0.39, 0.29) is 23.9 Å². The summed E-state index contributed by atoms with van der Waals surface area (Å²) in [6.07, 6.45) is 16.6. The highest BCUT2D eigenvalue weighted by Crippen LogP contribution is 2.14. The number of benzene rings is 2. The van der Waals surface area contributed by atoms with E-state index >= 15 is 0 Å². The van der Waals surface area contributed by atoms with Gasteiger partial charge >= 0.3 is 0 Å². The molecular formula is C38H52N2O2. The molecule has 0 radical (unpaired) electrons. The van der Waals surface area contributed by atoms with Crippen LogP contribution >= 0.6 is 0 Å². The molecule has 0 saturated carbocycles. The Balaban J connectivity index is 1.33. The standard InChI is InChI=1S/C38H52N2O2/c1-33(35-27-21-19-22-28-35)39-37(41)31-25-17-15-13-11-9-7-5-3-4-6-8-10-12-14-16-18-26-32-38(42)40-34(2)36-29-23-20-24-30-36/h19-24,27-30,33-34H,7-18,25-26,31-32H2,1-2H3,(H,39,41)(H,40,42). The average Bonchev–Trinajstić information content (AvgIpc) is 3.00. The maximum absolute atomic E-state index is 12.1. The molecule has 2 atom stereocenters. The van der Waals surface area contributed by atoms with Gasteiger partial charge in [-0.05, 0) is 62.5 Å². The molecule has 0 bridgehead atoms. The lowest BCUT2D eigenvalue weighted by Crippen LogP contribution is -2.26. The number of carbonyl (C=O) groups excluding carboxylic acids is 2. The van der Waals surface area contributed by atoms with Crippen LogP contribution in [0.3, 0.4) is 0 Å². The molecule has 0 saturated heterocycles. The maximum atomic E-state index is 12.1. The molecule has 226 valence electrons. The molecule has 4 nitrogen and oxygen atoms in total. The Bertz CT molecular complexity index is 1030. The Morgan fingerprint density at radius 2 is 0.857 bits per heavy atom. The summed E-state index contributed by atoms with van der Waals surface area (Å²) in [5.41, 5.74) is 2.29. The number of unbranched alkanes of at least 4 members (excludes halogenated alkanes) is 12. The maximum Gasteiger partial charge on any atom is 0.220 e. The van der Waals surface area contributed by atoms with Gasteiger partial charge in [0, 0.05) is 25.7 Å². The Morgan fingerprint density at radius 1 is 0.524 bits per heavy atom. The largest absolute Gasteiger partial charge is 0.350 e. The number of nitrogens with one attached hydrogen (secondary N) is 2. The van der Waals surface area contributed by atoms with Gasteiger partial charge in [0.1, 0.15) is 0 Å². The molecule has 2 rings (SSSR count). The Morgan fingerprint density at radius 3 is 1.24 bits per heavy atom. The lowest BCUT2D eigenvalue weighted by molar-refractivity contribution is -0.122. The molecule has 0 spiro atoms. The van der Waals surface area contributed by atoms with Crippen molar-refractivity contribution in [2.24, 2.45) is 0 Å². The quantitative estimate of drug-likeness (QED) is 0.124. The predicted molar refractivity (Wildman–Crippen MR) is 175 cm³/mol. The van der Waals surface area contributed by atoms with Gasteiger partial charge in [0.2, 0.25) is 11.8 Å². The fourth-order valence-corrected chi connectivity index (χ4v) is 4.90. The van der Waals surface area contributed by atoms with Crippen LogP contribution < -0.4 is 10.6 Å². The molecule has 2 unspecified atom stereocenters. The zero-order chi connectivity index (χ0) is 30.1. The molecule has 0 aliphatic heterocycles. The van der Waals surface area contributed by atoms with Gasteiger partial charge in [0.05, 0.1) is 12.1 Å². The molecule has 0 heterocycles. The van der Waals surface area contributed by atoms with Crippen molar-refractivity contribution >= 4 is 11.8 Å². The monoisotopic (exact) mass is 568 g/mol. The molecule has 2 amide bonds. The number of hydrogen-bond donors (Lipinski definition) is 2. The summed E-state index contributed by atoms with van der Waals surface area (Å²) in [7, 11) is 0. The summed E-state index contributed by atoms with van der Waals surface area (Å²) >= 11 is 0. The second-order valence-electron chi connectivity index (χ2n) is 11.2. The first kappa shape index (κ1) is 34.7. The van der Waals surface area contributed by atoms with Crippen molar-refractivity contribution < 1.29 is 9.59 Å². The van der Waals surface area contributed by atoms with Crippen molar-refractivity contribution in [1.82, 2.24) is 10.6 Å². The van der Waals surface area contributed by atoms with Crippen LogP contribution in [0.15, 0.2) is 60.7 Å². The highest BCUT2D eigenvalue weighted by Gasteiger charge is 2.09. The highest BCUT2D eigenvalue weighted by molar-refractivity contribution is 5.76. The highest BCUT2D eigenvalue weighted by atomic mass is 16.2. The van der Waals surface area contributed by atoms with E-state index in [0.717, 1.165) is 62.5 Å². The van der Waals surface area contributed by atoms with Gasteiger partial charge in [0.15, 0.2) is 0 Å². The van der Waals surface area contributed by atoms with E-state index in [2.05, 4.69) is 34.3 Å². The first-order valence-corrected chi connectivity index (χ1v) is 16.2. The van der Waals surface area contributed by atoms with Crippen molar-refractivity contribution in [3.05, 3.63) is 71.8 Å². The third-order valence-corrected chi connectivity index (χ3v) is 7.50. The Labute approximate surface area is 255 Å². The van der Waals surface area contributed by atoms with E-state index in [1.54, 1.807) is 0 Å². The van der Waals surface area contributed by atoms with E-state index < -0.39 is 0 Å². The lowest BCUT2D eigenvalue weighted by atomic mass is 10.1. The van der Waals surface area contributed by atoms with Gasteiger partial charge in [-0.1, -0.05) is 124 Å². The van der Waals surface area contributed by atoms with E-state index in [1.807, 2.05) is 74.5 Å². The summed E-state index contributed by atoms with van der Waals surface area (Å²) in [6, 6.07) is 20.3. The summed E-state index contributed by atoms with van der Waals surface area (Å²) in [5.74, 6) is 12.6. The first-order chi connectivity index (χ1) is 20.6. The molecule has 42 heavy (non-hydrogen) atoms. The summed E-state index contributed by atoms with van der Waals surface area (Å²) in [6.45, 7) is 4.07. The van der Waals surface area contributed by atoms with Crippen LogP contribution in [-0.2, 0) is 9.59 Å². The van der Waals surface area contributed by atoms with E-state index in [0.29, 0.717) is 12.8 Å². The van der Waals surface area contributed by atoms with Crippen molar-refractivity contribution in [3.8, 4) is 23.7 Å². The van der Waals surface area contributed by atoms with Crippen LogP contribution in [0, 0.1) is 23.7 Å². The van der Waals surface area contributed by atoms with Crippen LogP contribution in [-0.4, -0.2) is 11.8 Å². The van der Waals surface area contributed by atoms with Gasteiger partial charge in [-0.15, -0.1) is 0 Å². The zero-order valence-corrected chi connectivity index (χ0v) is 26.1. The van der Waals surface area contributed by atoms with Crippen molar-refractivity contribution in [2.45, 2.75) is 129 Å². The van der Waals surface area contributed by atoms with Crippen molar-refractivity contribution in [1.29, 1.82) is 0 Å². The molecule has 2 aromatic rings. The van der Waals surface area contributed by atoms with Crippen molar-refractivity contribution in [3.63, 3.8) is 0 Å². The predicted octanol–water partition coefficient (Wildman–Crippen LogP) is 8.99. The summed E-state index contributed by atoms with van der Waals surface area (Å²) in [4.78, 5) is 24.3.